The van der Waals surface area contributed by atoms with E-state index in [1.165, 1.54) is 5.56 Å². The van der Waals surface area contributed by atoms with Crippen LogP contribution in [0.2, 0.25) is 0 Å². The molecule has 0 saturated heterocycles. The molecule has 0 amide bonds. The molecule has 5 nitrogen and oxygen atoms in total. The zero-order chi connectivity index (χ0) is 19.4. The largest absolute Gasteiger partial charge is 0.490 e. The fourth-order valence-corrected chi connectivity index (χ4v) is 3.68. The van der Waals surface area contributed by atoms with Gasteiger partial charge in [-0.25, -0.2) is 9.78 Å². The molecule has 0 saturated carbocycles. The van der Waals surface area contributed by atoms with E-state index in [0.29, 0.717) is 29.7 Å². The number of ether oxygens (including phenoxy) is 2. The van der Waals surface area contributed by atoms with E-state index in [9.17, 15) is 9.90 Å². The van der Waals surface area contributed by atoms with Crippen molar-refractivity contribution < 1.29 is 19.4 Å². The molecule has 140 valence electrons. The lowest BCUT2D eigenvalue weighted by atomic mass is 10.1. The van der Waals surface area contributed by atoms with E-state index in [2.05, 4.69) is 11.1 Å². The molecule has 0 fully saturated rings. The summed E-state index contributed by atoms with van der Waals surface area (Å²) in [6.07, 6.45) is 0. The van der Waals surface area contributed by atoms with Crippen LogP contribution < -0.4 is 9.47 Å². The second-order valence-electron chi connectivity index (χ2n) is 6.20. The Morgan fingerprint density at radius 2 is 1.74 bits per heavy atom. The third-order valence-corrected chi connectivity index (χ3v) is 5.22. The Hall–Kier alpha value is -2.86. The van der Waals surface area contributed by atoms with Gasteiger partial charge in [0, 0.05) is 0 Å². The third-order valence-electron chi connectivity index (χ3n) is 4.04. The van der Waals surface area contributed by atoms with Gasteiger partial charge in [-0.1, -0.05) is 29.8 Å². The van der Waals surface area contributed by atoms with Crippen molar-refractivity contribution in [2.24, 2.45) is 0 Å². The van der Waals surface area contributed by atoms with Gasteiger partial charge >= 0.3 is 5.97 Å². The maximum absolute atomic E-state index is 11.3. The molecule has 0 bridgehead atoms. The number of rotatable bonds is 7. The van der Waals surface area contributed by atoms with E-state index in [1.54, 1.807) is 6.92 Å². The van der Waals surface area contributed by atoms with Crippen LogP contribution in [-0.2, 0) is 0 Å². The fraction of sp³-hybridized carbons (Fsp3) is 0.238. The van der Waals surface area contributed by atoms with Crippen LogP contribution in [0.15, 0.2) is 42.5 Å². The van der Waals surface area contributed by atoms with Crippen molar-refractivity contribution in [2.75, 3.05) is 13.2 Å². The van der Waals surface area contributed by atoms with Crippen LogP contribution in [0.3, 0.4) is 0 Å². The van der Waals surface area contributed by atoms with Gasteiger partial charge in [0.2, 0.25) is 0 Å². The monoisotopic (exact) mass is 383 g/mol. The second-order valence-corrected chi connectivity index (χ2v) is 7.20. The van der Waals surface area contributed by atoms with Crippen LogP contribution in [0.1, 0.15) is 26.5 Å². The standard InChI is InChI=1S/C21H21NO4S/c1-13-8-9-17(14(2)12-13)25-10-11-26-18-7-5-4-6-16(18)20-22-15(3)19(27-20)21(23)24/h4-9,12H,10-11H2,1-3H3,(H,23,24). The Balaban J connectivity index is 1.68. The highest BCUT2D eigenvalue weighted by molar-refractivity contribution is 7.17. The van der Waals surface area contributed by atoms with Crippen molar-refractivity contribution in [3.63, 3.8) is 0 Å². The number of hydrogen-bond donors (Lipinski definition) is 1. The van der Waals surface area contributed by atoms with E-state index in [1.807, 2.05) is 50.2 Å². The van der Waals surface area contributed by atoms with Gasteiger partial charge in [0.05, 0.1) is 11.3 Å². The number of benzene rings is 2. The van der Waals surface area contributed by atoms with Crippen molar-refractivity contribution in [1.29, 1.82) is 0 Å². The first-order chi connectivity index (χ1) is 13.0. The normalized spacial score (nSPS) is 10.6. The summed E-state index contributed by atoms with van der Waals surface area (Å²) in [5.74, 6) is 0.545. The molecule has 27 heavy (non-hydrogen) atoms. The summed E-state index contributed by atoms with van der Waals surface area (Å²) >= 11 is 1.15. The van der Waals surface area contributed by atoms with Gasteiger partial charge in [0.1, 0.15) is 34.6 Å². The van der Waals surface area contributed by atoms with Crippen molar-refractivity contribution in [3.05, 3.63) is 64.2 Å². The summed E-state index contributed by atoms with van der Waals surface area (Å²) in [6, 6.07) is 13.5. The molecular formula is C21H21NO4S. The molecule has 1 N–H and O–H groups in total. The Morgan fingerprint density at radius 3 is 2.41 bits per heavy atom. The Morgan fingerprint density at radius 1 is 1.04 bits per heavy atom. The van der Waals surface area contributed by atoms with Gasteiger partial charge in [-0.3, -0.25) is 0 Å². The van der Waals surface area contributed by atoms with E-state index in [0.717, 1.165) is 28.2 Å². The van der Waals surface area contributed by atoms with E-state index >= 15 is 0 Å². The lowest BCUT2D eigenvalue weighted by Gasteiger charge is -2.12. The van der Waals surface area contributed by atoms with E-state index in [4.69, 9.17) is 9.47 Å². The average molecular weight is 383 g/mol. The lowest BCUT2D eigenvalue weighted by molar-refractivity contribution is 0.0701. The van der Waals surface area contributed by atoms with Crippen LogP contribution in [0, 0.1) is 20.8 Å². The third kappa shape index (κ3) is 4.46. The minimum absolute atomic E-state index is 0.248. The molecule has 0 radical (unpaired) electrons. The lowest BCUT2D eigenvalue weighted by Crippen LogP contribution is -2.10. The number of aromatic carboxylic acids is 1. The number of carbonyl (C=O) groups is 1. The topological polar surface area (TPSA) is 68.7 Å². The molecule has 0 aliphatic rings. The van der Waals surface area contributed by atoms with Crippen LogP contribution in [-0.4, -0.2) is 29.3 Å². The number of aromatic nitrogens is 1. The van der Waals surface area contributed by atoms with Crippen molar-refractivity contribution in [2.45, 2.75) is 20.8 Å². The van der Waals surface area contributed by atoms with Crippen LogP contribution in [0.5, 0.6) is 11.5 Å². The molecule has 0 spiro atoms. The number of hydrogen-bond acceptors (Lipinski definition) is 5. The van der Waals surface area contributed by atoms with Gasteiger partial charge in [0.15, 0.2) is 0 Å². The fourth-order valence-electron chi connectivity index (χ4n) is 2.74. The summed E-state index contributed by atoms with van der Waals surface area (Å²) in [6.45, 7) is 6.55. The van der Waals surface area contributed by atoms with Gasteiger partial charge in [-0.2, -0.15) is 0 Å². The first kappa shape index (κ1) is 18.9. The molecule has 0 atom stereocenters. The van der Waals surface area contributed by atoms with Crippen LogP contribution >= 0.6 is 11.3 Å². The van der Waals surface area contributed by atoms with Gasteiger partial charge in [0.25, 0.3) is 0 Å². The molecular weight excluding hydrogens is 362 g/mol. The molecule has 0 unspecified atom stereocenters. The average Bonchev–Trinajstić information content (AvgIpc) is 3.02. The van der Waals surface area contributed by atoms with E-state index in [-0.39, 0.29) is 4.88 Å². The number of aryl methyl sites for hydroxylation is 3. The first-order valence-electron chi connectivity index (χ1n) is 8.58. The summed E-state index contributed by atoms with van der Waals surface area (Å²) in [4.78, 5) is 15.9. The van der Waals surface area contributed by atoms with Crippen molar-refractivity contribution >= 4 is 17.3 Å². The summed E-state index contributed by atoms with van der Waals surface area (Å²) in [5, 5.41) is 9.87. The van der Waals surface area contributed by atoms with Crippen molar-refractivity contribution in [3.8, 4) is 22.1 Å². The zero-order valence-corrected chi connectivity index (χ0v) is 16.3. The number of para-hydroxylation sites is 1. The molecule has 1 aromatic heterocycles. The van der Waals surface area contributed by atoms with Crippen LogP contribution in [0.4, 0.5) is 0 Å². The number of carboxylic acid groups (broad SMARTS) is 1. The second kappa shape index (κ2) is 8.22. The highest BCUT2D eigenvalue weighted by atomic mass is 32.1. The Bertz CT molecular complexity index is 965. The maximum Gasteiger partial charge on any atom is 0.347 e. The molecule has 2 aromatic carbocycles. The van der Waals surface area contributed by atoms with Gasteiger partial charge in [-0.15, -0.1) is 11.3 Å². The highest BCUT2D eigenvalue weighted by Gasteiger charge is 2.17. The molecule has 6 heteroatoms. The first-order valence-corrected chi connectivity index (χ1v) is 9.40. The van der Waals surface area contributed by atoms with Crippen LogP contribution in [0.25, 0.3) is 10.6 Å². The maximum atomic E-state index is 11.3. The van der Waals surface area contributed by atoms with Gasteiger partial charge < -0.3 is 14.6 Å². The predicted molar refractivity (Wildman–Crippen MR) is 106 cm³/mol. The van der Waals surface area contributed by atoms with E-state index < -0.39 is 5.97 Å². The number of thiazole rings is 1. The highest BCUT2D eigenvalue weighted by Crippen LogP contribution is 2.34. The van der Waals surface area contributed by atoms with Crippen molar-refractivity contribution in [1.82, 2.24) is 4.98 Å². The predicted octanol–water partition coefficient (Wildman–Crippen LogP) is 4.89. The van der Waals surface area contributed by atoms with Gasteiger partial charge in [-0.05, 0) is 44.5 Å². The summed E-state index contributed by atoms with van der Waals surface area (Å²) < 4.78 is 11.7. The Kier molecular flexibility index (Phi) is 5.76. The molecule has 3 rings (SSSR count). The Labute approximate surface area is 162 Å². The summed E-state index contributed by atoms with van der Waals surface area (Å²) in [5.41, 5.74) is 3.58. The SMILES string of the molecule is Cc1ccc(OCCOc2ccccc2-c2nc(C)c(C(=O)O)s2)c(C)c1. The molecule has 3 aromatic rings. The zero-order valence-electron chi connectivity index (χ0n) is 15.5. The number of nitrogens with zero attached hydrogens (tertiary/aromatic N) is 1. The molecule has 1 heterocycles. The molecule has 0 aliphatic heterocycles. The molecule has 0 aliphatic carbocycles. The smallest absolute Gasteiger partial charge is 0.347 e. The minimum atomic E-state index is -0.962. The quantitative estimate of drug-likeness (QED) is 0.588. The summed E-state index contributed by atoms with van der Waals surface area (Å²) in [7, 11) is 0. The number of carboxylic acids is 1. The minimum Gasteiger partial charge on any atom is -0.490 e.